The van der Waals surface area contributed by atoms with Crippen molar-refractivity contribution >= 4 is 28.1 Å². The van der Waals surface area contributed by atoms with Crippen LogP contribution in [0.4, 0.5) is 5.69 Å². The molecule has 0 atom stereocenters. The van der Waals surface area contributed by atoms with E-state index < -0.39 is 5.91 Å². The van der Waals surface area contributed by atoms with Crippen LogP contribution in [0.25, 0.3) is 16.6 Å². The second kappa shape index (κ2) is 8.14. The average Bonchev–Trinajstić information content (AvgIpc) is 3.22. The first-order chi connectivity index (χ1) is 14.9. The van der Waals surface area contributed by atoms with Crippen LogP contribution < -0.4 is 20.3 Å². The highest BCUT2D eigenvalue weighted by atomic mass is 16.5. The molecule has 0 aliphatic carbocycles. The minimum atomic E-state index is -0.421. The predicted octanol–water partition coefficient (Wildman–Crippen LogP) is 3.57. The summed E-state index contributed by atoms with van der Waals surface area (Å²) < 4.78 is 13.8. The number of methoxy groups -OCH3 is 2. The van der Waals surface area contributed by atoms with Gasteiger partial charge in [-0.2, -0.15) is 5.10 Å². The van der Waals surface area contributed by atoms with E-state index in [1.54, 1.807) is 29.9 Å². The number of hydrogen-bond donors (Lipinski definition) is 1. The molecule has 8 nitrogen and oxygen atoms in total. The van der Waals surface area contributed by atoms with Crippen molar-refractivity contribution in [1.29, 1.82) is 0 Å². The number of para-hydroxylation sites is 2. The highest BCUT2D eigenvalue weighted by Gasteiger charge is 2.18. The zero-order valence-electron chi connectivity index (χ0n) is 17.9. The Hall–Kier alpha value is -3.81. The molecule has 2 aromatic carbocycles. The second-order valence-corrected chi connectivity index (χ2v) is 7.65. The van der Waals surface area contributed by atoms with Crippen molar-refractivity contribution in [1.82, 2.24) is 14.2 Å². The SMILES string of the molecule is COc1ccc(NC(=O)c2cc3c(=O)n(CC(C)C)c4ccccc4n3n2)cc1OC. The van der Waals surface area contributed by atoms with Crippen molar-refractivity contribution in [3.63, 3.8) is 0 Å². The summed E-state index contributed by atoms with van der Waals surface area (Å²) in [6.07, 6.45) is 0. The Kier molecular flexibility index (Phi) is 5.37. The van der Waals surface area contributed by atoms with Crippen LogP contribution in [0, 0.1) is 5.92 Å². The van der Waals surface area contributed by atoms with Gasteiger partial charge in [0, 0.05) is 24.4 Å². The summed E-state index contributed by atoms with van der Waals surface area (Å²) in [6, 6.07) is 14.2. The minimum Gasteiger partial charge on any atom is -0.493 e. The number of aromatic nitrogens is 3. The molecular formula is C23H24N4O4. The van der Waals surface area contributed by atoms with Crippen LogP contribution in [0.3, 0.4) is 0 Å². The Labute approximate surface area is 179 Å². The molecular weight excluding hydrogens is 396 g/mol. The first kappa shape index (κ1) is 20.5. The van der Waals surface area contributed by atoms with Gasteiger partial charge in [-0.1, -0.05) is 26.0 Å². The first-order valence-corrected chi connectivity index (χ1v) is 9.97. The molecule has 0 saturated heterocycles. The number of benzene rings is 2. The third-order valence-electron chi connectivity index (χ3n) is 5.00. The van der Waals surface area contributed by atoms with E-state index >= 15 is 0 Å². The summed E-state index contributed by atoms with van der Waals surface area (Å²) in [7, 11) is 3.07. The molecule has 0 aliphatic rings. The molecule has 31 heavy (non-hydrogen) atoms. The summed E-state index contributed by atoms with van der Waals surface area (Å²) >= 11 is 0. The summed E-state index contributed by atoms with van der Waals surface area (Å²) in [5.74, 6) is 0.928. The normalized spacial score (nSPS) is 11.3. The van der Waals surface area contributed by atoms with Gasteiger partial charge in [-0.15, -0.1) is 0 Å². The van der Waals surface area contributed by atoms with Crippen molar-refractivity contribution in [3.05, 3.63) is 64.6 Å². The molecule has 1 N–H and O–H groups in total. The van der Waals surface area contributed by atoms with Crippen molar-refractivity contribution in [2.75, 3.05) is 19.5 Å². The summed E-state index contributed by atoms with van der Waals surface area (Å²) in [5, 5.41) is 7.23. The molecule has 0 saturated carbocycles. The predicted molar refractivity (Wildman–Crippen MR) is 119 cm³/mol. The number of hydrogen-bond acceptors (Lipinski definition) is 5. The molecule has 4 rings (SSSR count). The molecule has 2 heterocycles. The van der Waals surface area contributed by atoms with E-state index in [2.05, 4.69) is 24.3 Å². The monoisotopic (exact) mass is 420 g/mol. The van der Waals surface area contributed by atoms with Crippen LogP contribution in [0.1, 0.15) is 24.3 Å². The number of nitrogens with one attached hydrogen (secondary N) is 1. The Morgan fingerprint density at radius 3 is 2.39 bits per heavy atom. The van der Waals surface area contributed by atoms with Crippen LogP contribution in [0.2, 0.25) is 0 Å². The van der Waals surface area contributed by atoms with Crippen LogP contribution >= 0.6 is 0 Å². The van der Waals surface area contributed by atoms with E-state index in [4.69, 9.17) is 9.47 Å². The number of carbonyl (C=O) groups excluding carboxylic acids is 1. The highest BCUT2D eigenvalue weighted by molar-refractivity contribution is 6.04. The zero-order valence-corrected chi connectivity index (χ0v) is 17.9. The van der Waals surface area contributed by atoms with Crippen LogP contribution in [0.15, 0.2) is 53.3 Å². The number of nitrogens with zero attached hydrogens (tertiary/aromatic N) is 3. The van der Waals surface area contributed by atoms with Gasteiger partial charge in [-0.25, -0.2) is 4.52 Å². The number of anilines is 1. The molecule has 4 aromatic rings. The topological polar surface area (TPSA) is 86.9 Å². The lowest BCUT2D eigenvalue weighted by Gasteiger charge is -2.13. The Bertz CT molecular complexity index is 1340. The fraction of sp³-hybridized carbons (Fsp3) is 0.261. The van der Waals surface area contributed by atoms with E-state index in [1.807, 2.05) is 24.3 Å². The molecule has 1 amide bonds. The minimum absolute atomic E-state index is 0.152. The third-order valence-corrected chi connectivity index (χ3v) is 5.00. The van der Waals surface area contributed by atoms with E-state index in [0.717, 1.165) is 11.0 Å². The van der Waals surface area contributed by atoms with Crippen molar-refractivity contribution in [2.45, 2.75) is 20.4 Å². The first-order valence-electron chi connectivity index (χ1n) is 9.97. The maximum atomic E-state index is 13.2. The molecule has 0 unspecified atom stereocenters. The molecule has 0 fully saturated rings. The van der Waals surface area contributed by atoms with Crippen LogP contribution in [-0.4, -0.2) is 34.3 Å². The maximum Gasteiger partial charge on any atom is 0.277 e. The maximum absolute atomic E-state index is 13.2. The highest BCUT2D eigenvalue weighted by Crippen LogP contribution is 2.30. The number of ether oxygens (including phenoxy) is 2. The van der Waals surface area contributed by atoms with E-state index in [9.17, 15) is 9.59 Å². The van der Waals surface area contributed by atoms with Gasteiger partial charge in [-0.3, -0.25) is 9.59 Å². The Balaban J connectivity index is 1.77. The molecule has 2 aromatic heterocycles. The molecule has 160 valence electrons. The molecule has 0 aliphatic heterocycles. The molecule has 0 spiro atoms. The largest absolute Gasteiger partial charge is 0.493 e. The average molecular weight is 420 g/mol. The van der Waals surface area contributed by atoms with Gasteiger partial charge in [0.25, 0.3) is 11.5 Å². The van der Waals surface area contributed by atoms with Gasteiger partial charge in [0.05, 0.1) is 25.3 Å². The standard InChI is InChI=1S/C23H24N4O4/c1-14(2)13-26-17-7-5-6-8-18(17)27-19(23(26)29)12-16(25-27)22(28)24-15-9-10-20(30-3)21(11-15)31-4/h5-12,14H,13H2,1-4H3,(H,24,28). The van der Waals surface area contributed by atoms with Gasteiger partial charge in [0.15, 0.2) is 17.2 Å². The summed E-state index contributed by atoms with van der Waals surface area (Å²) in [4.78, 5) is 26.0. The quantitative estimate of drug-likeness (QED) is 0.515. The van der Waals surface area contributed by atoms with Gasteiger partial charge < -0.3 is 19.4 Å². The van der Waals surface area contributed by atoms with Gasteiger partial charge in [0.1, 0.15) is 5.52 Å². The van der Waals surface area contributed by atoms with Gasteiger partial charge in [-0.05, 0) is 30.2 Å². The molecule has 0 radical (unpaired) electrons. The lowest BCUT2D eigenvalue weighted by Crippen LogP contribution is -2.25. The molecule has 0 bridgehead atoms. The van der Waals surface area contributed by atoms with Crippen LogP contribution in [0.5, 0.6) is 11.5 Å². The summed E-state index contributed by atoms with van der Waals surface area (Å²) in [6.45, 7) is 4.70. The fourth-order valence-electron chi connectivity index (χ4n) is 3.60. The van der Waals surface area contributed by atoms with E-state index in [1.165, 1.54) is 17.7 Å². The fourth-order valence-corrected chi connectivity index (χ4v) is 3.60. The zero-order chi connectivity index (χ0) is 22.1. The Morgan fingerprint density at radius 2 is 1.71 bits per heavy atom. The Morgan fingerprint density at radius 1 is 1.00 bits per heavy atom. The lowest BCUT2D eigenvalue weighted by molar-refractivity contribution is 0.102. The van der Waals surface area contributed by atoms with Crippen LogP contribution in [-0.2, 0) is 6.54 Å². The van der Waals surface area contributed by atoms with Crippen molar-refractivity contribution < 1.29 is 14.3 Å². The smallest absolute Gasteiger partial charge is 0.277 e. The number of amides is 1. The third kappa shape index (κ3) is 3.72. The lowest BCUT2D eigenvalue weighted by atomic mass is 10.2. The number of rotatable bonds is 6. The van der Waals surface area contributed by atoms with Crippen molar-refractivity contribution in [3.8, 4) is 11.5 Å². The number of carbonyl (C=O) groups is 1. The van der Waals surface area contributed by atoms with E-state index in [-0.39, 0.29) is 11.3 Å². The van der Waals surface area contributed by atoms with Gasteiger partial charge in [0.2, 0.25) is 0 Å². The van der Waals surface area contributed by atoms with E-state index in [0.29, 0.717) is 35.2 Å². The number of fused-ring (bicyclic) bond motifs is 3. The summed E-state index contributed by atoms with van der Waals surface area (Å²) in [5.41, 5.74) is 2.41. The van der Waals surface area contributed by atoms with Crippen molar-refractivity contribution in [2.24, 2.45) is 5.92 Å². The molecule has 8 heteroatoms. The van der Waals surface area contributed by atoms with Gasteiger partial charge >= 0.3 is 0 Å². The second-order valence-electron chi connectivity index (χ2n) is 7.65.